The molecule has 0 heterocycles. The molecule has 0 spiro atoms. The van der Waals surface area contributed by atoms with Crippen LogP contribution >= 0.6 is 0 Å². The van der Waals surface area contributed by atoms with Gasteiger partial charge in [0.1, 0.15) is 11.6 Å². The molecule has 1 atom stereocenters. The van der Waals surface area contributed by atoms with Gasteiger partial charge in [0.2, 0.25) is 0 Å². The first-order valence-corrected chi connectivity index (χ1v) is 4.80. The third-order valence-corrected chi connectivity index (χ3v) is 1.87. The van der Waals surface area contributed by atoms with E-state index < -0.39 is 0 Å². The van der Waals surface area contributed by atoms with Crippen LogP contribution in [0.1, 0.15) is 32.3 Å². The van der Waals surface area contributed by atoms with Crippen LogP contribution in [-0.4, -0.2) is 6.10 Å². The number of ether oxygens (including phenoxy) is 1. The van der Waals surface area contributed by atoms with Gasteiger partial charge in [-0.15, -0.1) is 0 Å². The highest BCUT2D eigenvalue weighted by atomic mass is 19.1. The van der Waals surface area contributed by atoms with Crippen molar-refractivity contribution in [3.63, 3.8) is 0 Å². The van der Waals surface area contributed by atoms with Crippen molar-refractivity contribution in [2.24, 2.45) is 0 Å². The summed E-state index contributed by atoms with van der Waals surface area (Å²) in [7, 11) is 0. The molecule has 1 unspecified atom stereocenters. The topological polar surface area (TPSA) is 9.23 Å². The third kappa shape index (κ3) is 2.72. The molecule has 77 valence electrons. The summed E-state index contributed by atoms with van der Waals surface area (Å²) < 4.78 is 18.5. The van der Waals surface area contributed by atoms with Gasteiger partial charge in [0.05, 0.1) is 6.10 Å². The minimum atomic E-state index is -0.244. The highest BCUT2D eigenvalue weighted by Crippen LogP contribution is 2.27. The fourth-order valence-corrected chi connectivity index (χ4v) is 1.27. The maximum absolute atomic E-state index is 13.0. The zero-order chi connectivity index (χ0) is 10.7. The number of halogens is 1. The standard InChI is InChI=1S/C12H16FO/c1-8(2)11-7-10(13)5-6-12(11)14-9(3)4/h5-9H,1H2,2-4H3. The Kier molecular flexibility index (Phi) is 3.50. The van der Waals surface area contributed by atoms with Crippen molar-refractivity contribution >= 4 is 0 Å². The number of hydrogen-bond donors (Lipinski definition) is 0. The van der Waals surface area contributed by atoms with E-state index in [-0.39, 0.29) is 17.8 Å². The summed E-state index contributed by atoms with van der Waals surface area (Å²) in [4.78, 5) is 0. The van der Waals surface area contributed by atoms with Gasteiger partial charge in [-0.3, -0.25) is 0 Å². The molecule has 0 N–H and O–H groups in total. The summed E-state index contributed by atoms with van der Waals surface area (Å²) in [5.74, 6) is 0.509. The molecule has 0 bridgehead atoms. The zero-order valence-corrected chi connectivity index (χ0v) is 8.88. The van der Waals surface area contributed by atoms with Crippen LogP contribution in [0.25, 0.3) is 0 Å². The summed E-state index contributed by atoms with van der Waals surface area (Å²) >= 11 is 0. The Morgan fingerprint density at radius 2 is 1.93 bits per heavy atom. The molecule has 1 aromatic carbocycles. The largest absolute Gasteiger partial charge is 0.491 e. The molecule has 1 radical (unpaired) electrons. The Hall–Kier alpha value is -1.05. The predicted molar refractivity (Wildman–Crippen MR) is 55.9 cm³/mol. The summed E-state index contributed by atoms with van der Waals surface area (Å²) in [6.45, 7) is 9.68. The van der Waals surface area contributed by atoms with Crippen LogP contribution in [0, 0.1) is 12.7 Å². The second-order valence-corrected chi connectivity index (χ2v) is 3.75. The molecule has 0 amide bonds. The fourth-order valence-electron chi connectivity index (χ4n) is 1.27. The molecular weight excluding hydrogens is 179 g/mol. The quantitative estimate of drug-likeness (QED) is 0.716. The average molecular weight is 195 g/mol. The molecule has 0 saturated heterocycles. The first-order chi connectivity index (χ1) is 6.50. The van der Waals surface area contributed by atoms with E-state index in [0.29, 0.717) is 0 Å². The van der Waals surface area contributed by atoms with Gasteiger partial charge in [-0.2, -0.15) is 0 Å². The van der Waals surface area contributed by atoms with Crippen molar-refractivity contribution < 1.29 is 9.13 Å². The maximum Gasteiger partial charge on any atom is 0.123 e. The van der Waals surface area contributed by atoms with Gasteiger partial charge < -0.3 is 4.74 Å². The lowest BCUT2D eigenvalue weighted by Gasteiger charge is -2.16. The van der Waals surface area contributed by atoms with Crippen LogP contribution in [-0.2, 0) is 0 Å². The van der Waals surface area contributed by atoms with Crippen LogP contribution in [0.5, 0.6) is 5.75 Å². The van der Waals surface area contributed by atoms with Crippen LogP contribution in [0.15, 0.2) is 18.2 Å². The molecule has 1 rings (SSSR count). The molecule has 2 heteroatoms. The van der Waals surface area contributed by atoms with Crippen molar-refractivity contribution in [2.45, 2.75) is 32.8 Å². The normalized spacial score (nSPS) is 11.1. The Morgan fingerprint density at radius 1 is 1.29 bits per heavy atom. The van der Waals surface area contributed by atoms with Crippen molar-refractivity contribution in [3.05, 3.63) is 36.5 Å². The van der Waals surface area contributed by atoms with Crippen molar-refractivity contribution in [1.82, 2.24) is 0 Å². The van der Waals surface area contributed by atoms with E-state index in [1.807, 2.05) is 20.8 Å². The molecule has 1 nitrogen and oxygen atoms in total. The van der Waals surface area contributed by atoms with E-state index in [1.165, 1.54) is 12.1 Å². The fraction of sp³-hybridized carbons (Fsp3) is 0.417. The molecular formula is C12H16FO. The first kappa shape index (κ1) is 11.0. The lowest BCUT2D eigenvalue weighted by Crippen LogP contribution is -2.08. The maximum atomic E-state index is 13.0. The third-order valence-electron chi connectivity index (χ3n) is 1.87. The van der Waals surface area contributed by atoms with Crippen LogP contribution < -0.4 is 4.74 Å². The number of rotatable bonds is 3. The van der Waals surface area contributed by atoms with Crippen LogP contribution in [0.3, 0.4) is 0 Å². The predicted octanol–water partition coefficient (Wildman–Crippen LogP) is 3.55. The van der Waals surface area contributed by atoms with E-state index in [1.54, 1.807) is 6.07 Å². The second kappa shape index (κ2) is 4.45. The van der Waals surface area contributed by atoms with E-state index >= 15 is 0 Å². The van der Waals surface area contributed by atoms with Gasteiger partial charge in [-0.1, -0.05) is 6.92 Å². The van der Waals surface area contributed by atoms with Gasteiger partial charge in [-0.25, -0.2) is 4.39 Å². The highest BCUT2D eigenvalue weighted by Gasteiger charge is 2.10. The average Bonchev–Trinajstić information content (AvgIpc) is 2.07. The Balaban J connectivity index is 3.02. The van der Waals surface area contributed by atoms with Gasteiger partial charge in [0, 0.05) is 0 Å². The monoisotopic (exact) mass is 195 g/mol. The van der Waals surface area contributed by atoms with Gasteiger partial charge in [-0.05, 0) is 50.5 Å². The summed E-state index contributed by atoms with van der Waals surface area (Å²) in [5.41, 5.74) is 0.818. The zero-order valence-electron chi connectivity index (χ0n) is 8.88. The minimum absolute atomic E-state index is 0.0273. The first-order valence-electron chi connectivity index (χ1n) is 4.80. The van der Waals surface area contributed by atoms with Crippen LogP contribution in [0.4, 0.5) is 4.39 Å². The molecule has 0 aromatic heterocycles. The Bertz CT molecular complexity index is 305. The van der Waals surface area contributed by atoms with Crippen molar-refractivity contribution in [2.75, 3.05) is 0 Å². The van der Waals surface area contributed by atoms with E-state index in [2.05, 4.69) is 6.92 Å². The van der Waals surface area contributed by atoms with Gasteiger partial charge in [0.15, 0.2) is 0 Å². The molecule has 0 aliphatic rings. The van der Waals surface area contributed by atoms with Crippen LogP contribution in [0.2, 0.25) is 0 Å². The van der Waals surface area contributed by atoms with Crippen molar-refractivity contribution in [3.8, 4) is 5.75 Å². The lowest BCUT2D eigenvalue weighted by molar-refractivity contribution is 0.239. The molecule has 0 saturated carbocycles. The minimum Gasteiger partial charge on any atom is -0.491 e. The second-order valence-electron chi connectivity index (χ2n) is 3.75. The SMILES string of the molecule is [CH2]C(C)c1cc(F)ccc1OC(C)C. The molecule has 14 heavy (non-hydrogen) atoms. The highest BCUT2D eigenvalue weighted by molar-refractivity contribution is 5.37. The molecule has 1 aromatic rings. The molecule has 0 aliphatic heterocycles. The van der Waals surface area contributed by atoms with Gasteiger partial charge >= 0.3 is 0 Å². The van der Waals surface area contributed by atoms with Gasteiger partial charge in [0.25, 0.3) is 0 Å². The molecule has 0 aliphatic carbocycles. The lowest BCUT2D eigenvalue weighted by atomic mass is 10.0. The Labute approximate surface area is 84.9 Å². The van der Waals surface area contributed by atoms with Crippen molar-refractivity contribution in [1.29, 1.82) is 0 Å². The number of hydrogen-bond acceptors (Lipinski definition) is 1. The molecule has 0 fully saturated rings. The Morgan fingerprint density at radius 3 is 2.43 bits per heavy atom. The van der Waals surface area contributed by atoms with E-state index in [9.17, 15) is 4.39 Å². The van der Waals surface area contributed by atoms with E-state index in [4.69, 9.17) is 4.74 Å². The summed E-state index contributed by atoms with van der Waals surface area (Å²) in [6.07, 6.45) is 0.0953. The number of benzene rings is 1. The summed E-state index contributed by atoms with van der Waals surface area (Å²) in [5, 5.41) is 0. The smallest absolute Gasteiger partial charge is 0.123 e. The van der Waals surface area contributed by atoms with E-state index in [0.717, 1.165) is 11.3 Å². The summed E-state index contributed by atoms with van der Waals surface area (Å²) in [6, 6.07) is 4.55.